The fraction of sp³-hybridized carbons (Fsp3) is 0.222. The summed E-state index contributed by atoms with van der Waals surface area (Å²) in [6.07, 6.45) is -1.85. The molecule has 1 aromatic carbocycles. The number of methoxy groups -OCH3 is 1. The van der Waals surface area contributed by atoms with Gasteiger partial charge >= 0.3 is 5.97 Å². The van der Waals surface area contributed by atoms with Gasteiger partial charge in [-0.3, -0.25) is 0 Å². The molecule has 0 amide bonds. The molecule has 1 atom stereocenters. The second kappa shape index (κ2) is 4.06. The van der Waals surface area contributed by atoms with Crippen LogP contribution >= 0.6 is 0 Å². The average molecular weight is 200 g/mol. The molecule has 0 bridgehead atoms. The molecule has 1 aromatic rings. The highest BCUT2D eigenvalue weighted by Crippen LogP contribution is 2.21. The summed E-state index contributed by atoms with van der Waals surface area (Å²) in [7, 11) is 1.36. The highest BCUT2D eigenvalue weighted by molar-refractivity contribution is 5.74. The number of ether oxygens (including phenoxy) is 1. The zero-order valence-electron chi connectivity index (χ0n) is 7.40. The predicted molar refractivity (Wildman–Crippen MR) is 45.5 cm³/mol. The molecule has 0 spiro atoms. The van der Waals surface area contributed by atoms with Gasteiger partial charge in [-0.05, 0) is 12.1 Å². The van der Waals surface area contributed by atoms with Crippen LogP contribution in [0, 0.1) is 5.82 Å². The van der Waals surface area contributed by atoms with E-state index in [9.17, 15) is 9.18 Å². The lowest BCUT2D eigenvalue weighted by atomic mass is 10.1. The van der Waals surface area contributed by atoms with Crippen molar-refractivity contribution in [2.75, 3.05) is 7.11 Å². The molecular formula is C9H9FO4. The largest absolute Gasteiger partial charge is 0.497 e. The molecule has 1 unspecified atom stereocenters. The Bertz CT molecular complexity index is 351. The van der Waals surface area contributed by atoms with Crippen LogP contribution in [0.2, 0.25) is 0 Å². The summed E-state index contributed by atoms with van der Waals surface area (Å²) in [6, 6.07) is 3.57. The lowest BCUT2D eigenvalue weighted by Crippen LogP contribution is -2.12. The molecule has 1 rings (SSSR count). The molecule has 0 saturated heterocycles. The quantitative estimate of drug-likeness (QED) is 0.762. The van der Waals surface area contributed by atoms with E-state index < -0.39 is 17.9 Å². The minimum absolute atomic E-state index is 0.267. The van der Waals surface area contributed by atoms with Crippen molar-refractivity contribution >= 4 is 5.97 Å². The van der Waals surface area contributed by atoms with Gasteiger partial charge in [0.1, 0.15) is 11.6 Å². The molecule has 14 heavy (non-hydrogen) atoms. The molecule has 0 saturated carbocycles. The van der Waals surface area contributed by atoms with Gasteiger partial charge in [0.25, 0.3) is 0 Å². The maximum atomic E-state index is 13.1. The van der Waals surface area contributed by atoms with Crippen molar-refractivity contribution in [3.63, 3.8) is 0 Å². The van der Waals surface area contributed by atoms with E-state index in [4.69, 9.17) is 14.9 Å². The Hall–Kier alpha value is -1.62. The van der Waals surface area contributed by atoms with Gasteiger partial charge in [0, 0.05) is 11.6 Å². The van der Waals surface area contributed by atoms with Gasteiger partial charge in [0.15, 0.2) is 6.10 Å². The summed E-state index contributed by atoms with van der Waals surface area (Å²) in [4.78, 5) is 10.4. The van der Waals surface area contributed by atoms with Crippen LogP contribution in [0.25, 0.3) is 0 Å². The minimum Gasteiger partial charge on any atom is -0.497 e. The second-order valence-electron chi connectivity index (χ2n) is 2.63. The van der Waals surface area contributed by atoms with Crippen LogP contribution in [0.1, 0.15) is 11.7 Å². The number of hydrogen-bond donors (Lipinski definition) is 2. The monoisotopic (exact) mass is 200 g/mol. The van der Waals surface area contributed by atoms with E-state index in [2.05, 4.69) is 0 Å². The van der Waals surface area contributed by atoms with E-state index in [1.165, 1.54) is 19.2 Å². The molecule has 0 aromatic heterocycles. The van der Waals surface area contributed by atoms with Crippen molar-refractivity contribution in [1.29, 1.82) is 0 Å². The molecule has 4 nitrogen and oxygen atoms in total. The number of aliphatic hydroxyl groups excluding tert-OH is 1. The van der Waals surface area contributed by atoms with Crippen LogP contribution < -0.4 is 4.74 Å². The molecule has 0 aliphatic carbocycles. The Kier molecular flexibility index (Phi) is 3.03. The molecule has 0 radical (unpaired) electrons. The van der Waals surface area contributed by atoms with Crippen LogP contribution in [-0.4, -0.2) is 23.3 Å². The average Bonchev–Trinajstić information content (AvgIpc) is 2.16. The van der Waals surface area contributed by atoms with Crippen molar-refractivity contribution in [2.45, 2.75) is 6.10 Å². The number of carboxylic acid groups (broad SMARTS) is 1. The van der Waals surface area contributed by atoms with E-state index in [1.54, 1.807) is 0 Å². The van der Waals surface area contributed by atoms with Crippen LogP contribution in [0.15, 0.2) is 18.2 Å². The van der Waals surface area contributed by atoms with E-state index in [0.29, 0.717) is 0 Å². The van der Waals surface area contributed by atoms with Gasteiger partial charge in [-0.15, -0.1) is 0 Å². The Morgan fingerprint density at radius 2 is 2.21 bits per heavy atom. The first-order chi connectivity index (χ1) is 6.56. The maximum Gasteiger partial charge on any atom is 0.337 e. The number of carboxylic acids is 1. The molecule has 5 heteroatoms. The predicted octanol–water partition coefficient (Wildman–Crippen LogP) is 0.952. The minimum atomic E-state index is -1.85. The fourth-order valence-corrected chi connectivity index (χ4v) is 0.990. The van der Waals surface area contributed by atoms with Crippen molar-refractivity contribution in [3.05, 3.63) is 29.6 Å². The second-order valence-corrected chi connectivity index (χ2v) is 2.63. The zero-order valence-corrected chi connectivity index (χ0v) is 7.40. The number of carbonyl (C=O) groups is 1. The number of aliphatic hydroxyl groups is 1. The molecule has 0 fully saturated rings. The standard InChI is InChI=1S/C9H9FO4/c1-14-5-2-3-6(7(10)4-5)8(11)9(12)13/h2-4,8,11H,1H3,(H,12,13). The summed E-state index contributed by atoms with van der Waals surface area (Å²) >= 11 is 0. The lowest BCUT2D eigenvalue weighted by molar-refractivity contribution is -0.147. The Morgan fingerprint density at radius 3 is 2.64 bits per heavy atom. The van der Waals surface area contributed by atoms with E-state index >= 15 is 0 Å². The van der Waals surface area contributed by atoms with Crippen molar-refractivity contribution in [1.82, 2.24) is 0 Å². The van der Waals surface area contributed by atoms with Crippen LogP contribution in [0.4, 0.5) is 4.39 Å². The number of benzene rings is 1. The first-order valence-corrected chi connectivity index (χ1v) is 3.80. The summed E-state index contributed by atoms with van der Waals surface area (Å²) in [5.74, 6) is -2.03. The first-order valence-electron chi connectivity index (χ1n) is 3.80. The molecule has 76 valence electrons. The van der Waals surface area contributed by atoms with Gasteiger partial charge in [-0.25, -0.2) is 9.18 Å². The van der Waals surface area contributed by atoms with Crippen molar-refractivity contribution in [3.8, 4) is 5.75 Å². The molecule has 2 N–H and O–H groups in total. The van der Waals surface area contributed by atoms with Crippen LogP contribution in [-0.2, 0) is 4.79 Å². The van der Waals surface area contributed by atoms with Gasteiger partial charge in [0.05, 0.1) is 7.11 Å². The van der Waals surface area contributed by atoms with Gasteiger partial charge in [-0.1, -0.05) is 0 Å². The van der Waals surface area contributed by atoms with Gasteiger partial charge in [0.2, 0.25) is 0 Å². The molecule has 0 aliphatic heterocycles. The van der Waals surface area contributed by atoms with E-state index in [-0.39, 0.29) is 11.3 Å². The van der Waals surface area contributed by atoms with Gasteiger partial charge < -0.3 is 14.9 Å². The smallest absolute Gasteiger partial charge is 0.337 e. The third kappa shape index (κ3) is 2.00. The summed E-state index contributed by atoms with van der Waals surface area (Å²) in [6.45, 7) is 0. The third-order valence-corrected chi connectivity index (χ3v) is 1.74. The third-order valence-electron chi connectivity index (χ3n) is 1.74. The lowest BCUT2D eigenvalue weighted by Gasteiger charge is -2.08. The fourth-order valence-electron chi connectivity index (χ4n) is 0.990. The molecule has 0 aliphatic rings. The topological polar surface area (TPSA) is 66.8 Å². The number of hydrogen-bond acceptors (Lipinski definition) is 3. The molecular weight excluding hydrogens is 191 g/mol. The normalized spacial score (nSPS) is 12.2. The Balaban J connectivity index is 3.05. The maximum absolute atomic E-state index is 13.1. The van der Waals surface area contributed by atoms with Gasteiger partial charge in [-0.2, -0.15) is 0 Å². The van der Waals surface area contributed by atoms with Crippen molar-refractivity contribution < 1.29 is 24.1 Å². The van der Waals surface area contributed by atoms with E-state index in [1.807, 2.05) is 0 Å². The summed E-state index contributed by atoms with van der Waals surface area (Å²) < 4.78 is 17.9. The highest BCUT2D eigenvalue weighted by Gasteiger charge is 2.19. The number of halogens is 1. The zero-order chi connectivity index (χ0) is 10.7. The van der Waals surface area contributed by atoms with Crippen LogP contribution in [0.3, 0.4) is 0 Å². The summed E-state index contributed by atoms with van der Waals surface area (Å²) in [5.41, 5.74) is -0.279. The Labute approximate surface area is 79.6 Å². The Morgan fingerprint density at radius 1 is 1.57 bits per heavy atom. The highest BCUT2D eigenvalue weighted by atomic mass is 19.1. The van der Waals surface area contributed by atoms with Crippen molar-refractivity contribution in [2.24, 2.45) is 0 Å². The summed E-state index contributed by atoms with van der Waals surface area (Å²) in [5, 5.41) is 17.5. The number of aliphatic carboxylic acids is 1. The number of rotatable bonds is 3. The van der Waals surface area contributed by atoms with Crippen LogP contribution in [0.5, 0.6) is 5.75 Å². The first kappa shape index (κ1) is 10.5. The van der Waals surface area contributed by atoms with E-state index in [0.717, 1.165) is 6.07 Å². The molecule has 0 heterocycles. The SMILES string of the molecule is COc1ccc(C(O)C(=O)O)c(F)c1.